The van der Waals surface area contributed by atoms with Gasteiger partial charge in [0.1, 0.15) is 0 Å². The molecule has 0 saturated heterocycles. The zero-order chi connectivity index (χ0) is 22.6. The fourth-order valence-electron chi connectivity index (χ4n) is 3.29. The standard InChI is InChI=1S/C25H28N2O3S/c1-18-9-14-24(15-20(18)3)27(31(4,29)30)17-21-10-12-22(13-11-21)25(28)26-16-23-8-6-5-7-19(23)2/h5-15H,16-17H2,1-4H3,(H,26,28). The topological polar surface area (TPSA) is 66.5 Å². The molecule has 1 N–H and O–H groups in total. The summed E-state index contributed by atoms with van der Waals surface area (Å²) in [7, 11) is -3.46. The number of sulfonamides is 1. The first kappa shape index (κ1) is 22.6. The minimum Gasteiger partial charge on any atom is -0.348 e. The lowest BCUT2D eigenvalue weighted by Gasteiger charge is -2.23. The van der Waals surface area contributed by atoms with Crippen LogP contribution in [0.5, 0.6) is 0 Å². The molecule has 31 heavy (non-hydrogen) atoms. The first-order valence-corrected chi connectivity index (χ1v) is 12.0. The number of carbonyl (C=O) groups excluding carboxylic acids is 1. The minimum atomic E-state index is -3.46. The van der Waals surface area contributed by atoms with Crippen LogP contribution in [0.15, 0.2) is 66.7 Å². The maximum absolute atomic E-state index is 12.5. The zero-order valence-electron chi connectivity index (χ0n) is 18.3. The molecule has 0 aliphatic carbocycles. The molecule has 0 unspecified atom stereocenters. The molecule has 1 amide bonds. The van der Waals surface area contributed by atoms with Gasteiger partial charge < -0.3 is 5.32 Å². The highest BCUT2D eigenvalue weighted by molar-refractivity contribution is 7.92. The lowest BCUT2D eigenvalue weighted by molar-refractivity contribution is 0.0951. The summed E-state index contributed by atoms with van der Waals surface area (Å²) in [6.45, 7) is 6.63. The molecule has 5 nitrogen and oxygen atoms in total. The number of aryl methyl sites for hydroxylation is 3. The molecule has 0 heterocycles. The van der Waals surface area contributed by atoms with Crippen molar-refractivity contribution in [2.45, 2.75) is 33.9 Å². The van der Waals surface area contributed by atoms with Gasteiger partial charge in [-0.1, -0.05) is 42.5 Å². The Morgan fingerprint density at radius 1 is 0.871 bits per heavy atom. The van der Waals surface area contributed by atoms with Crippen LogP contribution >= 0.6 is 0 Å². The summed E-state index contributed by atoms with van der Waals surface area (Å²) in [5.41, 5.74) is 6.32. The van der Waals surface area contributed by atoms with E-state index >= 15 is 0 Å². The highest BCUT2D eigenvalue weighted by Gasteiger charge is 2.18. The van der Waals surface area contributed by atoms with Crippen LogP contribution in [0.4, 0.5) is 5.69 Å². The van der Waals surface area contributed by atoms with E-state index in [2.05, 4.69) is 5.32 Å². The number of nitrogens with one attached hydrogen (secondary N) is 1. The molecule has 0 aromatic heterocycles. The second-order valence-corrected chi connectivity index (χ2v) is 9.75. The van der Waals surface area contributed by atoms with E-state index < -0.39 is 10.0 Å². The molecule has 0 fully saturated rings. The third-order valence-electron chi connectivity index (χ3n) is 5.42. The van der Waals surface area contributed by atoms with E-state index in [-0.39, 0.29) is 12.5 Å². The molecular formula is C25H28N2O3S. The first-order chi connectivity index (χ1) is 14.6. The fourth-order valence-corrected chi connectivity index (χ4v) is 4.17. The molecule has 0 radical (unpaired) electrons. The summed E-state index contributed by atoms with van der Waals surface area (Å²) in [6, 6.07) is 20.6. The Kier molecular flexibility index (Phi) is 6.81. The van der Waals surface area contributed by atoms with Crippen molar-refractivity contribution in [2.75, 3.05) is 10.6 Å². The summed E-state index contributed by atoms with van der Waals surface area (Å²) in [6.07, 6.45) is 1.20. The van der Waals surface area contributed by atoms with E-state index in [0.29, 0.717) is 17.8 Å². The quantitative estimate of drug-likeness (QED) is 0.593. The summed E-state index contributed by atoms with van der Waals surface area (Å²) in [4.78, 5) is 12.5. The van der Waals surface area contributed by atoms with Crippen molar-refractivity contribution in [1.29, 1.82) is 0 Å². The van der Waals surface area contributed by atoms with E-state index in [0.717, 1.165) is 27.8 Å². The Morgan fingerprint density at radius 3 is 2.16 bits per heavy atom. The van der Waals surface area contributed by atoms with E-state index in [1.807, 2.05) is 63.2 Å². The van der Waals surface area contributed by atoms with E-state index in [1.165, 1.54) is 10.6 Å². The van der Waals surface area contributed by atoms with Crippen LogP contribution in [-0.2, 0) is 23.1 Å². The van der Waals surface area contributed by atoms with Crippen LogP contribution < -0.4 is 9.62 Å². The third-order valence-corrected chi connectivity index (χ3v) is 6.56. The Bertz CT molecular complexity index is 1190. The molecule has 0 spiro atoms. The second-order valence-electron chi connectivity index (χ2n) is 7.84. The van der Waals surface area contributed by atoms with Gasteiger partial charge in [0.15, 0.2) is 0 Å². The average molecular weight is 437 g/mol. The van der Waals surface area contributed by atoms with Crippen molar-refractivity contribution in [2.24, 2.45) is 0 Å². The van der Waals surface area contributed by atoms with Crippen LogP contribution in [0, 0.1) is 20.8 Å². The van der Waals surface area contributed by atoms with Crippen molar-refractivity contribution >= 4 is 21.6 Å². The molecule has 0 aliphatic rings. The lowest BCUT2D eigenvalue weighted by atomic mass is 10.1. The zero-order valence-corrected chi connectivity index (χ0v) is 19.2. The Morgan fingerprint density at radius 2 is 1.55 bits per heavy atom. The Labute approximate surface area is 184 Å². The predicted octanol–water partition coefficient (Wildman–Crippen LogP) is 4.51. The van der Waals surface area contributed by atoms with E-state index in [9.17, 15) is 13.2 Å². The van der Waals surface area contributed by atoms with Crippen LogP contribution in [0.3, 0.4) is 0 Å². The van der Waals surface area contributed by atoms with Crippen LogP contribution in [0.1, 0.15) is 38.2 Å². The maximum Gasteiger partial charge on any atom is 0.251 e. The summed E-state index contributed by atoms with van der Waals surface area (Å²) < 4.78 is 26.2. The molecule has 0 bridgehead atoms. The van der Waals surface area contributed by atoms with Crippen molar-refractivity contribution in [1.82, 2.24) is 5.32 Å². The van der Waals surface area contributed by atoms with Gasteiger partial charge in [0.05, 0.1) is 18.5 Å². The number of hydrogen-bond acceptors (Lipinski definition) is 3. The van der Waals surface area contributed by atoms with Gasteiger partial charge in [0.2, 0.25) is 10.0 Å². The fraction of sp³-hybridized carbons (Fsp3) is 0.240. The van der Waals surface area contributed by atoms with Crippen molar-refractivity contribution in [3.05, 3.63) is 100 Å². The van der Waals surface area contributed by atoms with E-state index in [4.69, 9.17) is 0 Å². The predicted molar refractivity (Wildman–Crippen MR) is 126 cm³/mol. The van der Waals surface area contributed by atoms with E-state index in [1.54, 1.807) is 24.3 Å². The number of hydrogen-bond donors (Lipinski definition) is 1. The number of anilines is 1. The molecule has 162 valence electrons. The number of carbonyl (C=O) groups is 1. The van der Waals surface area contributed by atoms with Gasteiger partial charge in [-0.05, 0) is 72.9 Å². The molecule has 0 atom stereocenters. The lowest BCUT2D eigenvalue weighted by Crippen LogP contribution is -2.29. The molecule has 6 heteroatoms. The highest BCUT2D eigenvalue weighted by Crippen LogP contribution is 2.23. The third kappa shape index (κ3) is 5.73. The van der Waals surface area contributed by atoms with Gasteiger partial charge in [-0.2, -0.15) is 0 Å². The van der Waals surface area contributed by atoms with Gasteiger partial charge in [-0.3, -0.25) is 9.10 Å². The highest BCUT2D eigenvalue weighted by atomic mass is 32.2. The molecular weight excluding hydrogens is 408 g/mol. The van der Waals surface area contributed by atoms with Crippen LogP contribution in [0.25, 0.3) is 0 Å². The number of rotatable bonds is 7. The van der Waals surface area contributed by atoms with Gasteiger partial charge in [0, 0.05) is 12.1 Å². The average Bonchev–Trinajstić information content (AvgIpc) is 2.73. The van der Waals surface area contributed by atoms with Crippen molar-refractivity contribution in [3.8, 4) is 0 Å². The number of nitrogens with zero attached hydrogens (tertiary/aromatic N) is 1. The smallest absolute Gasteiger partial charge is 0.251 e. The van der Waals surface area contributed by atoms with Crippen molar-refractivity contribution < 1.29 is 13.2 Å². The summed E-state index contributed by atoms with van der Waals surface area (Å²) in [5, 5.41) is 2.93. The molecule has 0 saturated carbocycles. The van der Waals surface area contributed by atoms with Gasteiger partial charge in [0.25, 0.3) is 5.91 Å². The summed E-state index contributed by atoms with van der Waals surface area (Å²) >= 11 is 0. The molecule has 0 aliphatic heterocycles. The van der Waals surface area contributed by atoms with Gasteiger partial charge in [-0.25, -0.2) is 8.42 Å². The number of benzene rings is 3. The van der Waals surface area contributed by atoms with Crippen LogP contribution in [-0.4, -0.2) is 20.6 Å². The molecule has 3 rings (SSSR count). The van der Waals surface area contributed by atoms with Gasteiger partial charge >= 0.3 is 0 Å². The summed E-state index contributed by atoms with van der Waals surface area (Å²) in [5.74, 6) is -0.163. The maximum atomic E-state index is 12.5. The first-order valence-electron chi connectivity index (χ1n) is 10.1. The SMILES string of the molecule is Cc1ccc(N(Cc2ccc(C(=O)NCc3ccccc3C)cc2)S(C)(=O)=O)cc1C. The second kappa shape index (κ2) is 9.35. The molecule has 3 aromatic carbocycles. The van der Waals surface area contributed by atoms with Gasteiger partial charge in [-0.15, -0.1) is 0 Å². The monoisotopic (exact) mass is 436 g/mol. The number of amides is 1. The normalized spacial score (nSPS) is 11.2. The Balaban J connectivity index is 1.72. The Hall–Kier alpha value is -3.12. The largest absolute Gasteiger partial charge is 0.348 e. The van der Waals surface area contributed by atoms with Crippen molar-refractivity contribution in [3.63, 3.8) is 0 Å². The van der Waals surface area contributed by atoms with Crippen LogP contribution in [0.2, 0.25) is 0 Å². The minimum absolute atomic E-state index is 0.163. The molecule has 3 aromatic rings.